The number of rotatable bonds is 7. The predicted octanol–water partition coefficient (Wildman–Crippen LogP) is 4.77. The Morgan fingerprint density at radius 2 is 1.65 bits per heavy atom. The van der Waals surface area contributed by atoms with E-state index in [9.17, 15) is 9.59 Å². The average molecular weight is 464 g/mol. The summed E-state index contributed by atoms with van der Waals surface area (Å²) in [5.41, 5.74) is 2.76. The molecule has 1 heterocycles. The highest BCUT2D eigenvalue weighted by molar-refractivity contribution is 5.96. The quantitative estimate of drug-likeness (QED) is 0.642. The van der Waals surface area contributed by atoms with Crippen molar-refractivity contribution < 1.29 is 14.3 Å². The second-order valence-corrected chi connectivity index (χ2v) is 9.82. The predicted molar refractivity (Wildman–Crippen MR) is 135 cm³/mol. The Balaban J connectivity index is 1.42. The van der Waals surface area contributed by atoms with Crippen molar-refractivity contribution in [2.45, 2.75) is 51.5 Å². The zero-order valence-corrected chi connectivity index (χ0v) is 20.6. The molecule has 182 valence electrons. The molecule has 2 amide bonds. The Bertz CT molecular complexity index is 975. The molecule has 6 nitrogen and oxygen atoms in total. The van der Waals surface area contributed by atoms with E-state index in [2.05, 4.69) is 36.2 Å². The molecule has 0 spiro atoms. The van der Waals surface area contributed by atoms with E-state index in [1.807, 2.05) is 35.2 Å². The third-order valence-electron chi connectivity index (χ3n) is 7.27. The average Bonchev–Trinajstić information content (AvgIpc) is 3.39. The Morgan fingerprint density at radius 3 is 2.26 bits per heavy atom. The van der Waals surface area contributed by atoms with Crippen LogP contribution in [-0.4, -0.2) is 60.9 Å². The lowest BCUT2D eigenvalue weighted by atomic mass is 9.94. The number of nitrogens with zero attached hydrogens (tertiary/aromatic N) is 2. The third kappa shape index (κ3) is 5.61. The minimum Gasteiger partial charge on any atom is -0.497 e. The van der Waals surface area contributed by atoms with Gasteiger partial charge in [-0.15, -0.1) is 0 Å². The lowest BCUT2D eigenvalue weighted by molar-refractivity contribution is -0.123. The second kappa shape index (κ2) is 11.0. The van der Waals surface area contributed by atoms with Crippen LogP contribution in [0.25, 0.3) is 0 Å². The number of benzene rings is 2. The van der Waals surface area contributed by atoms with Gasteiger partial charge in [0, 0.05) is 37.4 Å². The molecule has 1 saturated carbocycles. The molecule has 4 rings (SSSR count). The van der Waals surface area contributed by atoms with Crippen LogP contribution in [0.4, 0.5) is 5.69 Å². The molecule has 34 heavy (non-hydrogen) atoms. The van der Waals surface area contributed by atoms with Gasteiger partial charge in [-0.05, 0) is 60.6 Å². The summed E-state index contributed by atoms with van der Waals surface area (Å²) in [5, 5.41) is 3.18. The smallest absolute Gasteiger partial charge is 0.254 e. The molecule has 0 aromatic heterocycles. The van der Waals surface area contributed by atoms with Gasteiger partial charge in [-0.2, -0.15) is 0 Å². The summed E-state index contributed by atoms with van der Waals surface area (Å²) < 4.78 is 5.27. The van der Waals surface area contributed by atoms with E-state index < -0.39 is 0 Å². The van der Waals surface area contributed by atoms with Gasteiger partial charge in [0.1, 0.15) is 5.75 Å². The number of piperazine rings is 1. The van der Waals surface area contributed by atoms with E-state index in [4.69, 9.17) is 4.74 Å². The number of carbonyl (C=O) groups is 2. The maximum Gasteiger partial charge on any atom is 0.254 e. The van der Waals surface area contributed by atoms with Crippen LogP contribution in [0.3, 0.4) is 0 Å². The van der Waals surface area contributed by atoms with Crippen molar-refractivity contribution in [1.82, 2.24) is 9.80 Å². The highest BCUT2D eigenvalue weighted by atomic mass is 16.5. The van der Waals surface area contributed by atoms with Crippen molar-refractivity contribution in [3.05, 3.63) is 59.7 Å². The second-order valence-electron chi connectivity index (χ2n) is 9.82. The Hall–Kier alpha value is -2.86. The van der Waals surface area contributed by atoms with Gasteiger partial charge in [-0.1, -0.05) is 44.9 Å². The molecule has 2 fully saturated rings. The van der Waals surface area contributed by atoms with E-state index in [1.165, 1.54) is 18.4 Å². The molecular weight excluding hydrogens is 426 g/mol. The highest BCUT2D eigenvalue weighted by Gasteiger charge is 2.37. The van der Waals surface area contributed by atoms with Gasteiger partial charge in [0.15, 0.2) is 0 Å². The van der Waals surface area contributed by atoms with Crippen molar-refractivity contribution in [2.75, 3.05) is 38.6 Å². The number of hydrogen-bond acceptors (Lipinski definition) is 4. The van der Waals surface area contributed by atoms with E-state index >= 15 is 0 Å². The molecule has 1 unspecified atom stereocenters. The first-order chi connectivity index (χ1) is 16.5. The lowest BCUT2D eigenvalue weighted by Crippen LogP contribution is -2.56. The van der Waals surface area contributed by atoms with Gasteiger partial charge in [-0.3, -0.25) is 14.5 Å². The maximum atomic E-state index is 13.5. The van der Waals surface area contributed by atoms with E-state index in [-0.39, 0.29) is 17.9 Å². The molecule has 1 atom stereocenters. The van der Waals surface area contributed by atoms with Crippen LogP contribution in [0.1, 0.15) is 61.4 Å². The topological polar surface area (TPSA) is 61.9 Å². The minimum absolute atomic E-state index is 0.0191. The van der Waals surface area contributed by atoms with Crippen LogP contribution >= 0.6 is 0 Å². The van der Waals surface area contributed by atoms with Crippen LogP contribution in [0.15, 0.2) is 48.5 Å². The molecule has 0 radical (unpaired) electrons. The van der Waals surface area contributed by atoms with Crippen molar-refractivity contribution in [3.8, 4) is 5.75 Å². The lowest BCUT2D eigenvalue weighted by Gasteiger charge is -2.40. The Kier molecular flexibility index (Phi) is 7.88. The summed E-state index contributed by atoms with van der Waals surface area (Å²) in [6, 6.07) is 15.3. The molecule has 1 saturated heterocycles. The van der Waals surface area contributed by atoms with Gasteiger partial charge in [0.25, 0.3) is 5.91 Å². The van der Waals surface area contributed by atoms with Crippen molar-refractivity contribution in [3.63, 3.8) is 0 Å². The zero-order chi connectivity index (χ0) is 24.1. The number of anilines is 1. The molecule has 6 heteroatoms. The fourth-order valence-corrected chi connectivity index (χ4v) is 5.26. The zero-order valence-electron chi connectivity index (χ0n) is 20.6. The summed E-state index contributed by atoms with van der Waals surface area (Å²) in [6.45, 7) is 6.99. The van der Waals surface area contributed by atoms with E-state index in [0.29, 0.717) is 49.3 Å². The normalized spacial score (nSPS) is 18.2. The van der Waals surface area contributed by atoms with Crippen LogP contribution in [0.2, 0.25) is 0 Å². The van der Waals surface area contributed by atoms with Gasteiger partial charge in [-0.25, -0.2) is 0 Å². The highest BCUT2D eigenvalue weighted by Crippen LogP contribution is 2.32. The number of amides is 2. The number of nitrogens with one attached hydrogen (secondary N) is 1. The molecule has 2 aromatic carbocycles. The minimum atomic E-state index is -0.152. The number of methoxy groups -OCH3 is 1. The molecule has 2 aliphatic rings. The number of ether oxygens (including phenoxy) is 1. The van der Waals surface area contributed by atoms with E-state index in [0.717, 1.165) is 18.5 Å². The summed E-state index contributed by atoms with van der Waals surface area (Å²) in [6.07, 6.45) is 4.55. The molecule has 0 bridgehead atoms. The summed E-state index contributed by atoms with van der Waals surface area (Å²) in [4.78, 5) is 30.7. The van der Waals surface area contributed by atoms with Crippen LogP contribution in [0.5, 0.6) is 5.75 Å². The first kappa shape index (κ1) is 24.3. The monoisotopic (exact) mass is 463 g/mol. The maximum absolute atomic E-state index is 13.5. The van der Waals surface area contributed by atoms with Crippen molar-refractivity contribution in [2.24, 2.45) is 5.92 Å². The van der Waals surface area contributed by atoms with Crippen LogP contribution in [-0.2, 0) is 4.79 Å². The van der Waals surface area contributed by atoms with Gasteiger partial charge < -0.3 is 15.0 Å². The summed E-state index contributed by atoms with van der Waals surface area (Å²) in [7, 11) is 1.61. The number of carbonyl (C=O) groups excluding carboxylic acids is 2. The van der Waals surface area contributed by atoms with Crippen molar-refractivity contribution in [1.29, 1.82) is 0 Å². The molecule has 1 aliphatic heterocycles. The van der Waals surface area contributed by atoms with Gasteiger partial charge in [0.05, 0.1) is 13.2 Å². The summed E-state index contributed by atoms with van der Waals surface area (Å²) >= 11 is 0. The van der Waals surface area contributed by atoms with Crippen LogP contribution < -0.4 is 10.1 Å². The molecular formula is C28H37N3O3. The van der Waals surface area contributed by atoms with E-state index in [1.54, 1.807) is 13.2 Å². The first-order valence-corrected chi connectivity index (χ1v) is 12.5. The summed E-state index contributed by atoms with van der Waals surface area (Å²) in [5.74, 6) is 1.62. The largest absolute Gasteiger partial charge is 0.497 e. The first-order valence-electron chi connectivity index (χ1n) is 12.5. The van der Waals surface area contributed by atoms with Gasteiger partial charge in [0.2, 0.25) is 5.91 Å². The fourth-order valence-electron chi connectivity index (χ4n) is 5.26. The SMILES string of the molecule is COc1cccc(C(=O)N2CCN(C(C(=O)Nc3ccc(C(C)C)cc3)C3CCCC3)CC2)c1. The van der Waals surface area contributed by atoms with Gasteiger partial charge >= 0.3 is 0 Å². The fraction of sp³-hybridized carbons (Fsp3) is 0.500. The standard InChI is InChI=1S/C28H37N3O3/c1-20(2)21-11-13-24(14-12-21)29-27(32)26(22-7-4-5-8-22)30-15-17-31(18-16-30)28(33)23-9-6-10-25(19-23)34-3/h6,9-14,19-20,22,26H,4-5,7-8,15-18H2,1-3H3,(H,29,32). The Morgan fingerprint density at radius 1 is 0.971 bits per heavy atom. The molecule has 1 aliphatic carbocycles. The van der Waals surface area contributed by atoms with Crippen LogP contribution in [0, 0.1) is 5.92 Å². The number of hydrogen-bond donors (Lipinski definition) is 1. The molecule has 2 aromatic rings. The van der Waals surface area contributed by atoms with Crippen molar-refractivity contribution >= 4 is 17.5 Å². The Labute approximate surface area is 203 Å². The molecule has 1 N–H and O–H groups in total. The third-order valence-corrected chi connectivity index (χ3v) is 7.27.